The van der Waals surface area contributed by atoms with Crippen LogP contribution in [0.25, 0.3) is 17.0 Å². The first-order chi connectivity index (χ1) is 14.3. The predicted octanol–water partition coefficient (Wildman–Crippen LogP) is 3.10. The van der Waals surface area contributed by atoms with Crippen LogP contribution < -0.4 is 0 Å². The number of hydrogen-bond acceptors (Lipinski definition) is 5. The fraction of sp³-hybridized carbons (Fsp3) is 0.273. The molecule has 1 amide bonds. The summed E-state index contributed by atoms with van der Waals surface area (Å²) in [5.74, 6) is 2.08. The number of carbonyl (C=O) groups is 1. The fourth-order valence-corrected chi connectivity index (χ4v) is 4.20. The zero-order valence-electron chi connectivity index (χ0n) is 15.8. The first-order valence-corrected chi connectivity index (χ1v) is 9.92. The molecule has 144 valence electrons. The van der Waals surface area contributed by atoms with Gasteiger partial charge in [-0.1, -0.05) is 23.4 Å². The number of nitrogens with zero attached hydrogens (tertiary/aromatic N) is 5. The van der Waals surface area contributed by atoms with Crippen LogP contribution in [0.3, 0.4) is 0 Å². The van der Waals surface area contributed by atoms with Gasteiger partial charge in [-0.2, -0.15) is 0 Å². The quantitative estimate of drug-likeness (QED) is 0.679. The van der Waals surface area contributed by atoms with Gasteiger partial charge >= 0.3 is 0 Å². The van der Waals surface area contributed by atoms with Crippen molar-refractivity contribution >= 4 is 17.4 Å². The zero-order valence-corrected chi connectivity index (χ0v) is 15.8. The van der Waals surface area contributed by atoms with E-state index in [1.54, 1.807) is 12.5 Å². The highest BCUT2D eigenvalue weighted by Crippen LogP contribution is 2.39. The molecule has 0 unspecified atom stereocenters. The molecule has 2 aromatic heterocycles. The minimum absolute atomic E-state index is 0.0181. The lowest BCUT2D eigenvalue weighted by Crippen LogP contribution is -2.36. The molecule has 2 aliphatic heterocycles. The molecule has 29 heavy (non-hydrogen) atoms. The Bertz CT molecular complexity index is 1170. The van der Waals surface area contributed by atoms with Crippen LogP contribution in [0, 0.1) is 0 Å². The van der Waals surface area contributed by atoms with Crippen LogP contribution in [0.5, 0.6) is 0 Å². The molecule has 7 heteroatoms. The monoisotopic (exact) mass is 385 g/mol. The molecular formula is C22H19N5O2. The van der Waals surface area contributed by atoms with Gasteiger partial charge in [-0.15, -0.1) is 0 Å². The molecule has 6 rings (SSSR count). The Balaban J connectivity index is 1.47. The number of amides is 1. The minimum Gasteiger partial charge on any atom is -0.356 e. The van der Waals surface area contributed by atoms with Gasteiger partial charge in [0, 0.05) is 41.9 Å². The van der Waals surface area contributed by atoms with Crippen LogP contribution in [0.15, 0.2) is 58.6 Å². The largest absolute Gasteiger partial charge is 0.356 e. The molecule has 0 atom stereocenters. The predicted molar refractivity (Wildman–Crippen MR) is 107 cm³/mol. The van der Waals surface area contributed by atoms with Gasteiger partial charge in [0.05, 0.1) is 17.6 Å². The highest BCUT2D eigenvalue weighted by Gasteiger charge is 2.31. The second-order valence-electron chi connectivity index (χ2n) is 7.69. The van der Waals surface area contributed by atoms with E-state index in [-0.39, 0.29) is 12.5 Å². The van der Waals surface area contributed by atoms with Crippen molar-refractivity contribution in [3.05, 3.63) is 65.9 Å². The van der Waals surface area contributed by atoms with Crippen molar-refractivity contribution in [2.45, 2.75) is 25.2 Å². The third-order valence-corrected chi connectivity index (χ3v) is 5.84. The van der Waals surface area contributed by atoms with Crippen molar-refractivity contribution in [1.82, 2.24) is 19.6 Å². The number of allylic oxidation sites excluding steroid dienone is 1. The number of aromatic nitrogens is 3. The summed E-state index contributed by atoms with van der Waals surface area (Å²) in [5.41, 5.74) is 5.22. The summed E-state index contributed by atoms with van der Waals surface area (Å²) >= 11 is 0. The molecule has 4 heterocycles. The van der Waals surface area contributed by atoms with Crippen molar-refractivity contribution in [3.8, 4) is 11.3 Å². The second kappa shape index (κ2) is 6.27. The van der Waals surface area contributed by atoms with Gasteiger partial charge in [-0.05, 0) is 24.8 Å². The molecule has 1 aromatic carbocycles. The number of aliphatic imine (C=N–C) groups is 1. The lowest BCUT2D eigenvalue weighted by atomic mass is 9.90. The smallest absolute Gasteiger partial charge is 0.248 e. The van der Waals surface area contributed by atoms with Gasteiger partial charge in [0.25, 0.3) is 0 Å². The highest BCUT2D eigenvalue weighted by molar-refractivity contribution is 6.06. The first-order valence-electron chi connectivity index (χ1n) is 9.92. The van der Waals surface area contributed by atoms with Crippen molar-refractivity contribution < 1.29 is 9.32 Å². The molecule has 0 saturated heterocycles. The van der Waals surface area contributed by atoms with E-state index in [1.165, 1.54) is 18.4 Å². The third-order valence-electron chi connectivity index (χ3n) is 5.84. The zero-order chi connectivity index (χ0) is 19.4. The summed E-state index contributed by atoms with van der Waals surface area (Å²) in [6.07, 6.45) is 10.7. The van der Waals surface area contributed by atoms with Crippen LogP contribution in [0.1, 0.15) is 35.6 Å². The summed E-state index contributed by atoms with van der Waals surface area (Å²) in [6.45, 7) is 0.770. The molecule has 7 nitrogen and oxygen atoms in total. The van der Waals surface area contributed by atoms with Crippen LogP contribution in [0.2, 0.25) is 0 Å². The molecule has 1 aliphatic carbocycles. The van der Waals surface area contributed by atoms with Gasteiger partial charge < -0.3 is 9.42 Å². The second-order valence-corrected chi connectivity index (χ2v) is 7.69. The van der Waals surface area contributed by atoms with E-state index in [1.807, 2.05) is 39.9 Å². The topological polar surface area (TPSA) is 76.5 Å². The molecule has 0 bridgehead atoms. The van der Waals surface area contributed by atoms with Crippen molar-refractivity contribution in [1.29, 1.82) is 0 Å². The van der Waals surface area contributed by atoms with E-state index in [9.17, 15) is 4.79 Å². The van der Waals surface area contributed by atoms with Gasteiger partial charge in [0.1, 0.15) is 18.7 Å². The first kappa shape index (κ1) is 16.5. The number of rotatable bonds is 2. The Morgan fingerprint density at radius 2 is 2.03 bits per heavy atom. The number of hydrogen-bond donors (Lipinski definition) is 0. The average Bonchev–Trinajstić information content (AvgIpc) is 3.28. The summed E-state index contributed by atoms with van der Waals surface area (Å²) in [7, 11) is 0. The lowest BCUT2D eigenvalue weighted by molar-refractivity contribution is -0.126. The lowest BCUT2D eigenvalue weighted by Gasteiger charge is -2.31. The van der Waals surface area contributed by atoms with Gasteiger partial charge in [-0.25, -0.2) is 4.98 Å². The van der Waals surface area contributed by atoms with Crippen LogP contribution in [-0.4, -0.2) is 44.4 Å². The molecule has 0 spiro atoms. The van der Waals surface area contributed by atoms with Crippen LogP contribution in [-0.2, 0) is 11.2 Å². The highest BCUT2D eigenvalue weighted by atomic mass is 16.5. The molecule has 0 radical (unpaired) electrons. The van der Waals surface area contributed by atoms with Gasteiger partial charge in [0.2, 0.25) is 5.91 Å². The van der Waals surface area contributed by atoms with Gasteiger partial charge in [-0.3, -0.25) is 14.4 Å². The molecule has 3 aromatic rings. The minimum atomic E-state index is 0.0181. The Kier molecular flexibility index (Phi) is 3.56. The maximum atomic E-state index is 12.8. The molecule has 1 fully saturated rings. The normalized spacial score (nSPS) is 18.6. The Morgan fingerprint density at radius 3 is 2.86 bits per heavy atom. The number of imidazole rings is 1. The molecule has 1 saturated carbocycles. The summed E-state index contributed by atoms with van der Waals surface area (Å²) in [5, 5.41) is 3.85. The number of carbonyl (C=O) groups excluding carboxylic acids is 1. The van der Waals surface area contributed by atoms with E-state index < -0.39 is 0 Å². The number of fused-ring (bicyclic) bond motifs is 3. The SMILES string of the molecule is O=C1CN=C(n2cnc(C3CC3)c2)C=C2c3cccc(-c4ccno4)c3CCN12. The molecule has 3 aliphatic rings. The summed E-state index contributed by atoms with van der Waals surface area (Å²) in [6, 6.07) is 7.97. The standard InChI is InChI=1S/C22H19N5O2/c28-22-11-23-21(26-12-18(24-13-26)14-4-5-14)10-19-16-2-1-3-17(20-6-8-25-29-20)15(16)7-9-27(19)22/h1-3,6,8,10,12-14H,4-5,7,9,11H2. The van der Waals surface area contributed by atoms with Crippen molar-refractivity contribution in [2.24, 2.45) is 4.99 Å². The van der Waals surface area contributed by atoms with E-state index in [2.05, 4.69) is 21.2 Å². The van der Waals surface area contributed by atoms with E-state index in [0.717, 1.165) is 40.5 Å². The average molecular weight is 385 g/mol. The van der Waals surface area contributed by atoms with Gasteiger partial charge in [0.15, 0.2) is 5.76 Å². The van der Waals surface area contributed by atoms with Crippen molar-refractivity contribution in [2.75, 3.05) is 13.1 Å². The van der Waals surface area contributed by atoms with E-state index in [0.29, 0.717) is 12.5 Å². The maximum Gasteiger partial charge on any atom is 0.248 e. The molecular weight excluding hydrogens is 366 g/mol. The van der Waals surface area contributed by atoms with E-state index >= 15 is 0 Å². The Hall–Kier alpha value is -3.48. The van der Waals surface area contributed by atoms with Crippen molar-refractivity contribution in [3.63, 3.8) is 0 Å². The summed E-state index contributed by atoms with van der Waals surface area (Å²) in [4.78, 5) is 23.8. The third kappa shape index (κ3) is 2.73. The van der Waals surface area contributed by atoms with Crippen LogP contribution in [0.4, 0.5) is 0 Å². The molecule has 0 N–H and O–H groups in total. The van der Waals surface area contributed by atoms with Crippen LogP contribution >= 0.6 is 0 Å². The summed E-state index contributed by atoms with van der Waals surface area (Å²) < 4.78 is 7.34. The Labute approximate surface area is 167 Å². The maximum absolute atomic E-state index is 12.8. The fourth-order valence-electron chi connectivity index (χ4n) is 4.20. The van der Waals surface area contributed by atoms with E-state index in [4.69, 9.17) is 4.52 Å². The number of benzene rings is 1. The Morgan fingerprint density at radius 1 is 1.14 bits per heavy atom.